The van der Waals surface area contributed by atoms with Crippen molar-refractivity contribution in [2.24, 2.45) is 0 Å². The van der Waals surface area contributed by atoms with Crippen molar-refractivity contribution in [2.45, 2.75) is 13.8 Å². The summed E-state index contributed by atoms with van der Waals surface area (Å²) in [5, 5.41) is 13.7. The van der Waals surface area contributed by atoms with E-state index in [2.05, 4.69) is 5.32 Å². The van der Waals surface area contributed by atoms with Gasteiger partial charge in [0, 0.05) is 13.0 Å². The van der Waals surface area contributed by atoms with Gasteiger partial charge in [0.15, 0.2) is 6.54 Å². The van der Waals surface area contributed by atoms with E-state index >= 15 is 0 Å². The predicted octanol–water partition coefficient (Wildman–Crippen LogP) is -0.411. The summed E-state index contributed by atoms with van der Waals surface area (Å²) in [6.07, 6.45) is 0. The van der Waals surface area contributed by atoms with Crippen molar-refractivity contribution >= 4 is 23.2 Å². The minimum absolute atomic E-state index is 0.0452. The average molecular weight is 321 g/mol. The Balaban J connectivity index is 1.93. The number of benzene rings is 1. The molecule has 124 valence electrons. The zero-order valence-electron chi connectivity index (χ0n) is 13.3. The van der Waals surface area contributed by atoms with Crippen LogP contribution in [0.4, 0.5) is 11.4 Å². The van der Waals surface area contributed by atoms with Crippen molar-refractivity contribution in [3.05, 3.63) is 33.9 Å². The van der Waals surface area contributed by atoms with Gasteiger partial charge in [-0.1, -0.05) is 6.07 Å². The maximum atomic E-state index is 12.1. The maximum absolute atomic E-state index is 12.1. The Bertz CT molecular complexity index is 624. The van der Waals surface area contributed by atoms with Gasteiger partial charge in [0.05, 0.1) is 31.1 Å². The summed E-state index contributed by atoms with van der Waals surface area (Å²) in [6.45, 7) is 6.18. The number of hydrogen-bond donors (Lipinski definition) is 2. The Morgan fingerprint density at radius 3 is 2.57 bits per heavy atom. The van der Waals surface area contributed by atoms with Gasteiger partial charge in [0.2, 0.25) is 5.91 Å². The zero-order valence-corrected chi connectivity index (χ0v) is 13.3. The van der Waals surface area contributed by atoms with Crippen LogP contribution in [-0.2, 0) is 9.59 Å². The molecule has 1 saturated heterocycles. The van der Waals surface area contributed by atoms with E-state index in [4.69, 9.17) is 0 Å². The highest BCUT2D eigenvalue weighted by atomic mass is 16.6. The van der Waals surface area contributed by atoms with E-state index in [-0.39, 0.29) is 29.7 Å². The third-order valence-electron chi connectivity index (χ3n) is 3.95. The van der Waals surface area contributed by atoms with Crippen molar-refractivity contribution < 1.29 is 19.4 Å². The summed E-state index contributed by atoms with van der Waals surface area (Å²) in [6, 6.07) is 4.71. The fourth-order valence-electron chi connectivity index (χ4n) is 2.63. The summed E-state index contributed by atoms with van der Waals surface area (Å²) in [5.41, 5.74) is 0.878. The van der Waals surface area contributed by atoms with E-state index in [1.807, 2.05) is 0 Å². The second-order valence-electron chi connectivity index (χ2n) is 5.76. The Kier molecular flexibility index (Phi) is 5.28. The molecule has 0 spiro atoms. The highest BCUT2D eigenvalue weighted by Crippen LogP contribution is 2.24. The second kappa shape index (κ2) is 7.19. The second-order valence-corrected chi connectivity index (χ2v) is 5.76. The zero-order chi connectivity index (χ0) is 17.0. The molecule has 8 heteroatoms. The molecule has 2 N–H and O–H groups in total. The Morgan fingerprint density at radius 2 is 2.00 bits per heavy atom. The number of amides is 2. The highest BCUT2D eigenvalue weighted by molar-refractivity contribution is 5.93. The molecular weight excluding hydrogens is 300 g/mol. The molecule has 0 saturated carbocycles. The molecule has 1 aliphatic rings. The van der Waals surface area contributed by atoms with Gasteiger partial charge in [-0.15, -0.1) is 0 Å². The summed E-state index contributed by atoms with van der Waals surface area (Å²) in [4.78, 5) is 36.8. The Morgan fingerprint density at radius 1 is 1.35 bits per heavy atom. The molecule has 0 aromatic heterocycles. The van der Waals surface area contributed by atoms with Crippen molar-refractivity contribution in [3.8, 4) is 0 Å². The number of nitrogens with zero attached hydrogens (tertiary/aromatic N) is 2. The third-order valence-corrected chi connectivity index (χ3v) is 3.95. The number of carbonyl (C=O) groups is 2. The maximum Gasteiger partial charge on any atom is 0.293 e. The molecule has 1 heterocycles. The Labute approximate surface area is 134 Å². The largest absolute Gasteiger partial charge is 0.332 e. The first kappa shape index (κ1) is 16.9. The van der Waals surface area contributed by atoms with Crippen LogP contribution in [-0.4, -0.2) is 54.4 Å². The van der Waals surface area contributed by atoms with Gasteiger partial charge in [-0.25, -0.2) is 0 Å². The first-order chi connectivity index (χ1) is 10.9. The summed E-state index contributed by atoms with van der Waals surface area (Å²) in [7, 11) is 0. The van der Waals surface area contributed by atoms with E-state index in [0.717, 1.165) is 10.5 Å². The number of nitrogens with one attached hydrogen (secondary N) is 2. The number of nitro benzene ring substituents is 1. The number of quaternary nitrogens is 1. The molecular formula is C15H21N4O4+. The van der Waals surface area contributed by atoms with Gasteiger partial charge in [-0.05, 0) is 18.6 Å². The van der Waals surface area contributed by atoms with Crippen LogP contribution in [0.5, 0.6) is 0 Å². The minimum Gasteiger partial charge on any atom is -0.332 e. The number of nitro groups is 1. The fraction of sp³-hybridized carbons (Fsp3) is 0.467. The molecule has 1 aliphatic heterocycles. The smallest absolute Gasteiger partial charge is 0.293 e. The molecule has 0 unspecified atom stereocenters. The van der Waals surface area contributed by atoms with Gasteiger partial charge >= 0.3 is 0 Å². The van der Waals surface area contributed by atoms with Crippen LogP contribution in [0.3, 0.4) is 0 Å². The van der Waals surface area contributed by atoms with Crippen LogP contribution in [0.25, 0.3) is 0 Å². The lowest BCUT2D eigenvalue weighted by Crippen LogP contribution is -3.15. The average Bonchev–Trinajstić information content (AvgIpc) is 2.49. The Hall–Kier alpha value is -2.48. The van der Waals surface area contributed by atoms with Crippen LogP contribution in [0, 0.1) is 17.0 Å². The highest BCUT2D eigenvalue weighted by Gasteiger charge is 2.24. The number of piperazine rings is 1. The van der Waals surface area contributed by atoms with E-state index in [0.29, 0.717) is 26.2 Å². The number of aryl methyl sites for hydroxylation is 1. The van der Waals surface area contributed by atoms with Gasteiger partial charge in [0.25, 0.3) is 11.6 Å². The lowest BCUT2D eigenvalue weighted by molar-refractivity contribution is -0.895. The number of hydrogen-bond acceptors (Lipinski definition) is 4. The van der Waals surface area contributed by atoms with Crippen LogP contribution in [0.15, 0.2) is 18.2 Å². The lowest BCUT2D eigenvalue weighted by Gasteiger charge is -2.31. The molecule has 2 rings (SSSR count). The van der Waals surface area contributed by atoms with E-state index < -0.39 is 4.92 Å². The first-order valence-corrected chi connectivity index (χ1v) is 7.51. The van der Waals surface area contributed by atoms with Crippen LogP contribution < -0.4 is 10.2 Å². The fourth-order valence-corrected chi connectivity index (χ4v) is 2.63. The molecule has 0 radical (unpaired) electrons. The monoisotopic (exact) mass is 321 g/mol. The minimum atomic E-state index is -0.499. The molecule has 1 aromatic rings. The number of anilines is 1. The van der Waals surface area contributed by atoms with Gasteiger partial charge in [-0.3, -0.25) is 19.7 Å². The standard InChI is InChI=1S/C15H20N4O4/c1-11-3-4-13(14(9-11)19(22)23)16-15(21)10-17-5-7-18(8-6-17)12(2)20/h3-4,9H,5-8,10H2,1-2H3,(H,16,21)/p+1. The summed E-state index contributed by atoms with van der Waals surface area (Å²) >= 11 is 0. The molecule has 8 nitrogen and oxygen atoms in total. The normalized spacial score (nSPS) is 15.3. The van der Waals surface area contributed by atoms with Gasteiger partial charge in [0.1, 0.15) is 5.69 Å². The first-order valence-electron chi connectivity index (χ1n) is 7.51. The van der Waals surface area contributed by atoms with E-state index in [1.165, 1.54) is 13.0 Å². The molecule has 0 atom stereocenters. The molecule has 2 amide bonds. The van der Waals surface area contributed by atoms with Crippen LogP contribution in [0.1, 0.15) is 12.5 Å². The van der Waals surface area contributed by atoms with Crippen molar-refractivity contribution in [1.82, 2.24) is 4.90 Å². The van der Waals surface area contributed by atoms with Gasteiger partial charge < -0.3 is 15.1 Å². The molecule has 1 fully saturated rings. The van der Waals surface area contributed by atoms with Crippen molar-refractivity contribution in [1.29, 1.82) is 0 Å². The third kappa shape index (κ3) is 4.49. The van der Waals surface area contributed by atoms with Crippen molar-refractivity contribution in [2.75, 3.05) is 38.0 Å². The number of rotatable bonds is 4. The molecule has 1 aromatic carbocycles. The lowest BCUT2D eigenvalue weighted by atomic mass is 10.2. The van der Waals surface area contributed by atoms with E-state index in [1.54, 1.807) is 24.0 Å². The topological polar surface area (TPSA) is 97.0 Å². The summed E-state index contributed by atoms with van der Waals surface area (Å²) in [5.74, 6) is -0.216. The summed E-state index contributed by atoms with van der Waals surface area (Å²) < 4.78 is 0. The quantitative estimate of drug-likeness (QED) is 0.582. The van der Waals surface area contributed by atoms with Gasteiger partial charge in [-0.2, -0.15) is 0 Å². The van der Waals surface area contributed by atoms with E-state index in [9.17, 15) is 19.7 Å². The predicted molar refractivity (Wildman–Crippen MR) is 84.3 cm³/mol. The SMILES string of the molecule is CC(=O)N1CC[NH+](CC(=O)Nc2ccc(C)cc2[N+](=O)[O-])CC1. The molecule has 23 heavy (non-hydrogen) atoms. The number of carbonyl (C=O) groups excluding carboxylic acids is 2. The molecule has 0 bridgehead atoms. The van der Waals surface area contributed by atoms with Crippen LogP contribution >= 0.6 is 0 Å². The molecule has 0 aliphatic carbocycles. The van der Waals surface area contributed by atoms with Crippen LogP contribution in [0.2, 0.25) is 0 Å². The van der Waals surface area contributed by atoms with Crippen molar-refractivity contribution in [3.63, 3.8) is 0 Å².